The summed E-state index contributed by atoms with van der Waals surface area (Å²) in [7, 11) is 0. The number of aryl methyl sites for hydroxylation is 1. The quantitative estimate of drug-likeness (QED) is 0.153. The lowest BCUT2D eigenvalue weighted by molar-refractivity contribution is 0.529. The third-order valence-electron chi connectivity index (χ3n) is 6.98. The van der Waals surface area contributed by atoms with Crippen molar-refractivity contribution in [1.29, 1.82) is 0 Å². The molecule has 0 saturated heterocycles. The van der Waals surface area contributed by atoms with Gasteiger partial charge >= 0.3 is 0 Å². The van der Waals surface area contributed by atoms with Gasteiger partial charge in [-0.2, -0.15) is 0 Å². The molecule has 0 saturated carbocycles. The third kappa shape index (κ3) is 8.23. The molecule has 0 aliphatic heterocycles. The van der Waals surface area contributed by atoms with Crippen molar-refractivity contribution in [3.05, 3.63) is 54.1 Å². The molecule has 0 aliphatic carbocycles. The van der Waals surface area contributed by atoms with Gasteiger partial charge in [-0.15, -0.1) is 0 Å². The van der Waals surface area contributed by atoms with E-state index < -0.39 is 0 Å². The molecular formula is C31H45N. The van der Waals surface area contributed by atoms with Gasteiger partial charge in [0.05, 0.1) is 11.0 Å². The van der Waals surface area contributed by atoms with Gasteiger partial charge in [-0.25, -0.2) is 4.98 Å². The summed E-state index contributed by atoms with van der Waals surface area (Å²) in [6, 6.07) is 17.3. The Hall–Kier alpha value is -1.89. The fourth-order valence-electron chi connectivity index (χ4n) is 5.05. The predicted molar refractivity (Wildman–Crippen MR) is 142 cm³/mol. The van der Waals surface area contributed by atoms with E-state index in [-0.39, 0.29) is 0 Å². The van der Waals surface area contributed by atoms with E-state index in [4.69, 9.17) is 4.98 Å². The molecule has 0 amide bonds. The van der Waals surface area contributed by atoms with Crippen LogP contribution >= 0.6 is 0 Å². The molecule has 0 spiro atoms. The minimum atomic E-state index is 1.14. The summed E-state index contributed by atoms with van der Waals surface area (Å²) >= 11 is 0. The Morgan fingerprint density at radius 3 is 1.28 bits per heavy atom. The van der Waals surface area contributed by atoms with Crippen molar-refractivity contribution >= 4 is 21.8 Å². The Morgan fingerprint density at radius 2 is 0.844 bits per heavy atom. The zero-order valence-corrected chi connectivity index (χ0v) is 20.6. The first-order valence-electron chi connectivity index (χ1n) is 13.7. The van der Waals surface area contributed by atoms with Gasteiger partial charge in [-0.1, -0.05) is 140 Å². The second-order valence-electron chi connectivity index (χ2n) is 9.68. The first-order valence-corrected chi connectivity index (χ1v) is 13.7. The number of pyridine rings is 1. The normalized spacial score (nSPS) is 11.5. The molecule has 1 heteroatoms. The Balaban J connectivity index is 1.25. The van der Waals surface area contributed by atoms with Crippen LogP contribution in [0.3, 0.4) is 0 Å². The fourth-order valence-corrected chi connectivity index (χ4v) is 5.05. The summed E-state index contributed by atoms with van der Waals surface area (Å²) in [5.74, 6) is 0. The summed E-state index contributed by atoms with van der Waals surface area (Å²) in [6.45, 7) is 2.30. The van der Waals surface area contributed by atoms with Crippen LogP contribution in [0.2, 0.25) is 0 Å². The molecule has 0 fully saturated rings. The van der Waals surface area contributed by atoms with Crippen LogP contribution in [0.4, 0.5) is 0 Å². The molecule has 3 aromatic rings. The Bertz CT molecular complexity index is 843. The van der Waals surface area contributed by atoms with Crippen LogP contribution in [0.15, 0.2) is 48.5 Å². The van der Waals surface area contributed by atoms with E-state index in [1.165, 1.54) is 125 Å². The van der Waals surface area contributed by atoms with Crippen LogP contribution in [-0.4, -0.2) is 4.98 Å². The van der Waals surface area contributed by atoms with Crippen LogP contribution in [0.1, 0.15) is 115 Å². The molecule has 3 rings (SSSR count). The highest BCUT2D eigenvalue weighted by Crippen LogP contribution is 2.27. The minimum absolute atomic E-state index is 1.14. The second-order valence-corrected chi connectivity index (χ2v) is 9.68. The first-order chi connectivity index (χ1) is 15.9. The average molecular weight is 432 g/mol. The van der Waals surface area contributed by atoms with Crippen molar-refractivity contribution in [2.45, 2.75) is 116 Å². The number of fused-ring (bicyclic) bond motifs is 2. The summed E-state index contributed by atoms with van der Waals surface area (Å²) < 4.78 is 0. The molecule has 0 atom stereocenters. The first kappa shape index (κ1) is 24.7. The zero-order chi connectivity index (χ0) is 22.3. The Labute approximate surface area is 197 Å². The monoisotopic (exact) mass is 431 g/mol. The second kappa shape index (κ2) is 15.0. The molecule has 1 aromatic heterocycles. The average Bonchev–Trinajstić information content (AvgIpc) is 2.83. The van der Waals surface area contributed by atoms with Crippen LogP contribution in [-0.2, 0) is 6.42 Å². The number of nitrogens with zero attached hydrogens (tertiary/aromatic N) is 1. The lowest BCUT2D eigenvalue weighted by Crippen LogP contribution is -1.93. The van der Waals surface area contributed by atoms with E-state index in [0.29, 0.717) is 0 Å². The van der Waals surface area contributed by atoms with Crippen molar-refractivity contribution in [2.75, 3.05) is 0 Å². The highest BCUT2D eigenvalue weighted by atomic mass is 14.7. The van der Waals surface area contributed by atoms with E-state index >= 15 is 0 Å². The lowest BCUT2D eigenvalue weighted by Gasteiger charge is -2.11. The number of hydrogen-bond acceptors (Lipinski definition) is 1. The number of hydrogen-bond donors (Lipinski definition) is 0. The number of para-hydroxylation sites is 2. The van der Waals surface area contributed by atoms with Crippen molar-refractivity contribution in [2.24, 2.45) is 0 Å². The molecule has 1 heterocycles. The number of aromatic nitrogens is 1. The van der Waals surface area contributed by atoms with Gasteiger partial charge in [0, 0.05) is 10.8 Å². The topological polar surface area (TPSA) is 12.9 Å². The van der Waals surface area contributed by atoms with Gasteiger partial charge in [0.25, 0.3) is 0 Å². The van der Waals surface area contributed by atoms with E-state index in [2.05, 4.69) is 55.5 Å². The molecule has 2 aromatic carbocycles. The van der Waals surface area contributed by atoms with Gasteiger partial charge in [0.15, 0.2) is 0 Å². The molecular weight excluding hydrogens is 386 g/mol. The standard InChI is InChI=1S/C31H45N/c1-2-3-4-5-6-7-8-9-10-11-12-13-14-15-16-17-22-27-28-23-18-20-25-30(28)32-31-26-21-19-24-29(27)31/h18-21,23-26H,2-17,22H2,1H3. The summed E-state index contributed by atoms with van der Waals surface area (Å²) in [5.41, 5.74) is 3.77. The van der Waals surface area contributed by atoms with Gasteiger partial charge in [-0.3, -0.25) is 0 Å². The van der Waals surface area contributed by atoms with Crippen LogP contribution < -0.4 is 0 Å². The summed E-state index contributed by atoms with van der Waals surface area (Å²) in [6.07, 6.45) is 23.9. The molecule has 0 unspecified atom stereocenters. The van der Waals surface area contributed by atoms with Gasteiger partial charge in [0.1, 0.15) is 0 Å². The largest absolute Gasteiger partial charge is 0.248 e. The van der Waals surface area contributed by atoms with Crippen LogP contribution in [0.25, 0.3) is 21.8 Å². The van der Waals surface area contributed by atoms with E-state index in [9.17, 15) is 0 Å². The van der Waals surface area contributed by atoms with E-state index in [1.54, 1.807) is 0 Å². The van der Waals surface area contributed by atoms with E-state index in [1.807, 2.05) is 0 Å². The molecule has 0 bridgehead atoms. The highest BCUT2D eigenvalue weighted by molar-refractivity contribution is 5.97. The van der Waals surface area contributed by atoms with Gasteiger partial charge < -0.3 is 0 Å². The smallest absolute Gasteiger partial charge is 0.0712 e. The predicted octanol–water partition coefficient (Wildman–Crippen LogP) is 10.2. The van der Waals surface area contributed by atoms with Gasteiger partial charge in [0.2, 0.25) is 0 Å². The SMILES string of the molecule is CCCCCCCCCCCCCCCCCCc1c2ccccc2nc2ccccc12. The fraction of sp³-hybridized carbons (Fsp3) is 0.581. The molecule has 0 radical (unpaired) electrons. The maximum absolute atomic E-state index is 4.86. The molecule has 1 nitrogen and oxygen atoms in total. The molecule has 0 N–H and O–H groups in total. The maximum Gasteiger partial charge on any atom is 0.0712 e. The highest BCUT2D eigenvalue weighted by Gasteiger charge is 2.08. The van der Waals surface area contributed by atoms with Gasteiger partial charge in [-0.05, 0) is 30.5 Å². The minimum Gasteiger partial charge on any atom is -0.248 e. The molecule has 0 aliphatic rings. The Kier molecular flexibility index (Phi) is 11.6. The third-order valence-corrected chi connectivity index (χ3v) is 6.98. The zero-order valence-electron chi connectivity index (χ0n) is 20.6. The lowest BCUT2D eigenvalue weighted by atomic mass is 9.97. The summed E-state index contributed by atoms with van der Waals surface area (Å²) in [5, 5.41) is 2.68. The number of rotatable bonds is 17. The number of unbranched alkanes of at least 4 members (excludes halogenated alkanes) is 15. The van der Waals surface area contributed by atoms with Crippen molar-refractivity contribution in [1.82, 2.24) is 4.98 Å². The summed E-state index contributed by atoms with van der Waals surface area (Å²) in [4.78, 5) is 4.86. The van der Waals surface area contributed by atoms with Crippen molar-refractivity contribution in [3.63, 3.8) is 0 Å². The maximum atomic E-state index is 4.86. The van der Waals surface area contributed by atoms with E-state index in [0.717, 1.165) is 11.0 Å². The molecule has 32 heavy (non-hydrogen) atoms. The Morgan fingerprint density at radius 1 is 0.469 bits per heavy atom. The van der Waals surface area contributed by atoms with Crippen molar-refractivity contribution in [3.8, 4) is 0 Å². The van der Waals surface area contributed by atoms with Crippen LogP contribution in [0, 0.1) is 0 Å². The van der Waals surface area contributed by atoms with Crippen LogP contribution in [0.5, 0.6) is 0 Å². The van der Waals surface area contributed by atoms with Crippen molar-refractivity contribution < 1.29 is 0 Å². The molecule has 174 valence electrons. The number of benzene rings is 2.